The summed E-state index contributed by atoms with van der Waals surface area (Å²) in [5, 5.41) is 5.72. The SMILES string of the molecule is C[C@H]1CCc2c(sc3ncnc(Nc4cc(Cl)cc(Cl)c4)c23)C1. The van der Waals surface area contributed by atoms with Gasteiger partial charge in [-0.25, -0.2) is 9.97 Å². The van der Waals surface area contributed by atoms with Crippen molar-refractivity contribution in [3.8, 4) is 0 Å². The van der Waals surface area contributed by atoms with Crippen LogP contribution in [0.1, 0.15) is 23.8 Å². The maximum absolute atomic E-state index is 6.09. The second kappa shape index (κ2) is 5.93. The van der Waals surface area contributed by atoms with E-state index in [1.54, 1.807) is 23.7 Å². The molecule has 23 heavy (non-hydrogen) atoms. The van der Waals surface area contributed by atoms with Gasteiger partial charge in [-0.05, 0) is 48.9 Å². The number of aryl methyl sites for hydroxylation is 1. The maximum Gasteiger partial charge on any atom is 0.142 e. The van der Waals surface area contributed by atoms with Gasteiger partial charge < -0.3 is 5.32 Å². The third kappa shape index (κ3) is 2.91. The van der Waals surface area contributed by atoms with Crippen LogP contribution < -0.4 is 5.32 Å². The minimum atomic E-state index is 0.603. The number of hydrogen-bond acceptors (Lipinski definition) is 4. The molecule has 0 bridgehead atoms. The van der Waals surface area contributed by atoms with E-state index < -0.39 is 0 Å². The van der Waals surface area contributed by atoms with E-state index in [2.05, 4.69) is 22.2 Å². The van der Waals surface area contributed by atoms with Crippen LogP contribution in [0, 0.1) is 5.92 Å². The molecule has 0 spiro atoms. The van der Waals surface area contributed by atoms with E-state index in [0.717, 1.165) is 40.5 Å². The van der Waals surface area contributed by atoms with Crippen LogP contribution in [0.5, 0.6) is 0 Å². The Balaban J connectivity index is 1.81. The van der Waals surface area contributed by atoms with E-state index in [-0.39, 0.29) is 0 Å². The van der Waals surface area contributed by atoms with Gasteiger partial charge in [0.25, 0.3) is 0 Å². The van der Waals surface area contributed by atoms with Crippen molar-refractivity contribution in [3.05, 3.63) is 45.0 Å². The Labute approximate surface area is 148 Å². The zero-order chi connectivity index (χ0) is 16.0. The van der Waals surface area contributed by atoms with Gasteiger partial charge in [0.1, 0.15) is 17.0 Å². The molecule has 3 nitrogen and oxygen atoms in total. The summed E-state index contributed by atoms with van der Waals surface area (Å²) in [6.07, 6.45) is 5.06. The predicted octanol–water partition coefficient (Wildman–Crippen LogP) is 5.87. The summed E-state index contributed by atoms with van der Waals surface area (Å²) < 4.78 is 0. The highest BCUT2D eigenvalue weighted by Crippen LogP contribution is 2.40. The summed E-state index contributed by atoms with van der Waals surface area (Å²) in [7, 11) is 0. The first kappa shape index (κ1) is 15.2. The van der Waals surface area contributed by atoms with Crippen molar-refractivity contribution in [1.29, 1.82) is 0 Å². The summed E-state index contributed by atoms with van der Waals surface area (Å²) in [4.78, 5) is 11.4. The van der Waals surface area contributed by atoms with E-state index in [1.165, 1.54) is 16.9 Å². The number of aromatic nitrogens is 2. The molecule has 118 valence electrons. The molecule has 0 amide bonds. The van der Waals surface area contributed by atoms with Gasteiger partial charge in [-0.15, -0.1) is 11.3 Å². The molecule has 1 aromatic carbocycles. The molecule has 1 atom stereocenters. The zero-order valence-electron chi connectivity index (χ0n) is 12.6. The molecule has 0 radical (unpaired) electrons. The first-order valence-electron chi connectivity index (χ1n) is 7.58. The van der Waals surface area contributed by atoms with Crippen LogP contribution >= 0.6 is 34.5 Å². The van der Waals surface area contributed by atoms with Gasteiger partial charge in [0, 0.05) is 20.6 Å². The van der Waals surface area contributed by atoms with E-state index in [4.69, 9.17) is 23.2 Å². The molecule has 1 aliphatic rings. The Bertz CT molecular complexity index is 871. The molecule has 1 aliphatic carbocycles. The topological polar surface area (TPSA) is 37.8 Å². The molecular weight excluding hydrogens is 349 g/mol. The highest BCUT2D eigenvalue weighted by molar-refractivity contribution is 7.19. The van der Waals surface area contributed by atoms with E-state index in [1.807, 2.05) is 12.1 Å². The molecule has 1 N–H and O–H groups in total. The number of benzene rings is 1. The van der Waals surface area contributed by atoms with Gasteiger partial charge in [0.15, 0.2) is 0 Å². The average Bonchev–Trinajstić information content (AvgIpc) is 2.84. The molecule has 0 fully saturated rings. The standard InChI is InChI=1S/C17H15Cl2N3S/c1-9-2-3-13-14(4-9)23-17-15(13)16(20-8-21-17)22-12-6-10(18)5-11(19)7-12/h5-9H,2-4H2,1H3,(H,20,21,22)/t9-/m0/s1. The highest BCUT2D eigenvalue weighted by atomic mass is 35.5. The first-order valence-corrected chi connectivity index (χ1v) is 9.16. The van der Waals surface area contributed by atoms with Crippen LogP contribution in [0.15, 0.2) is 24.5 Å². The summed E-state index contributed by atoms with van der Waals surface area (Å²) in [6.45, 7) is 2.31. The second-order valence-corrected chi connectivity index (χ2v) is 7.99. The van der Waals surface area contributed by atoms with Crippen LogP contribution in [-0.4, -0.2) is 9.97 Å². The smallest absolute Gasteiger partial charge is 0.142 e. The molecule has 0 aliphatic heterocycles. The van der Waals surface area contributed by atoms with Crippen molar-refractivity contribution in [2.75, 3.05) is 5.32 Å². The lowest BCUT2D eigenvalue weighted by atomic mass is 9.89. The van der Waals surface area contributed by atoms with Crippen LogP contribution in [0.25, 0.3) is 10.2 Å². The lowest BCUT2D eigenvalue weighted by molar-refractivity contribution is 0.509. The van der Waals surface area contributed by atoms with Gasteiger partial charge in [0.05, 0.1) is 5.39 Å². The van der Waals surface area contributed by atoms with Gasteiger partial charge >= 0.3 is 0 Å². The van der Waals surface area contributed by atoms with Gasteiger partial charge in [-0.1, -0.05) is 30.1 Å². The predicted molar refractivity (Wildman–Crippen MR) is 98.3 cm³/mol. The second-order valence-electron chi connectivity index (χ2n) is 6.04. The Hall–Kier alpha value is -1.36. The van der Waals surface area contributed by atoms with Crippen molar-refractivity contribution in [1.82, 2.24) is 9.97 Å². The summed E-state index contributed by atoms with van der Waals surface area (Å²) >= 11 is 14.0. The molecule has 3 aromatic rings. The Morgan fingerprint density at radius 2 is 1.96 bits per heavy atom. The number of nitrogens with one attached hydrogen (secondary N) is 1. The number of hydrogen-bond donors (Lipinski definition) is 1. The van der Waals surface area contributed by atoms with Crippen LogP contribution in [0.2, 0.25) is 10.0 Å². The van der Waals surface area contributed by atoms with E-state index >= 15 is 0 Å². The van der Waals surface area contributed by atoms with Crippen LogP contribution in [0.3, 0.4) is 0 Å². The molecule has 4 rings (SSSR count). The number of nitrogens with zero attached hydrogens (tertiary/aromatic N) is 2. The number of halogens is 2. The largest absolute Gasteiger partial charge is 0.339 e. The Morgan fingerprint density at radius 1 is 1.17 bits per heavy atom. The molecule has 2 aromatic heterocycles. The third-order valence-corrected chi connectivity index (χ3v) is 5.82. The zero-order valence-corrected chi connectivity index (χ0v) is 14.9. The molecule has 0 unspecified atom stereocenters. The normalized spacial score (nSPS) is 17.3. The fraction of sp³-hybridized carbons (Fsp3) is 0.294. The molecular formula is C17H15Cl2N3S. The Kier molecular flexibility index (Phi) is 3.92. The molecule has 6 heteroatoms. The number of anilines is 2. The van der Waals surface area contributed by atoms with Crippen molar-refractivity contribution in [2.45, 2.75) is 26.2 Å². The molecule has 0 saturated heterocycles. The molecule has 0 saturated carbocycles. The van der Waals surface area contributed by atoms with Crippen molar-refractivity contribution < 1.29 is 0 Å². The van der Waals surface area contributed by atoms with Gasteiger partial charge in [-0.2, -0.15) is 0 Å². The van der Waals surface area contributed by atoms with Crippen LogP contribution in [-0.2, 0) is 12.8 Å². The van der Waals surface area contributed by atoms with Crippen molar-refractivity contribution in [3.63, 3.8) is 0 Å². The molecule has 2 heterocycles. The fourth-order valence-electron chi connectivity index (χ4n) is 3.13. The average molecular weight is 364 g/mol. The number of rotatable bonds is 2. The monoisotopic (exact) mass is 363 g/mol. The van der Waals surface area contributed by atoms with Crippen molar-refractivity contribution >= 4 is 56.3 Å². The van der Waals surface area contributed by atoms with Crippen molar-refractivity contribution in [2.24, 2.45) is 5.92 Å². The van der Waals surface area contributed by atoms with E-state index in [0.29, 0.717) is 10.0 Å². The fourth-order valence-corrected chi connectivity index (χ4v) is 5.01. The Morgan fingerprint density at radius 3 is 2.74 bits per heavy atom. The highest BCUT2D eigenvalue weighted by Gasteiger charge is 2.23. The van der Waals surface area contributed by atoms with Crippen LogP contribution in [0.4, 0.5) is 11.5 Å². The summed E-state index contributed by atoms with van der Waals surface area (Å²) in [6, 6.07) is 5.42. The third-order valence-electron chi connectivity index (χ3n) is 4.22. The first-order chi connectivity index (χ1) is 11.1. The quantitative estimate of drug-likeness (QED) is 0.618. The van der Waals surface area contributed by atoms with Gasteiger partial charge in [-0.3, -0.25) is 0 Å². The summed E-state index contributed by atoms with van der Waals surface area (Å²) in [5.74, 6) is 1.58. The number of thiophene rings is 1. The summed E-state index contributed by atoms with van der Waals surface area (Å²) in [5.41, 5.74) is 2.24. The minimum absolute atomic E-state index is 0.603. The van der Waals surface area contributed by atoms with Gasteiger partial charge in [0.2, 0.25) is 0 Å². The number of fused-ring (bicyclic) bond motifs is 3. The lowest BCUT2D eigenvalue weighted by Crippen LogP contribution is -2.09. The lowest BCUT2D eigenvalue weighted by Gasteiger charge is -2.18. The van der Waals surface area contributed by atoms with E-state index in [9.17, 15) is 0 Å². The maximum atomic E-state index is 6.09. The minimum Gasteiger partial charge on any atom is -0.339 e.